The second-order valence-electron chi connectivity index (χ2n) is 5.60. The minimum Gasteiger partial charge on any atom is -0.495 e. The lowest BCUT2D eigenvalue weighted by Crippen LogP contribution is -2.20. The van der Waals surface area contributed by atoms with Gasteiger partial charge in [0.1, 0.15) is 23.1 Å². The topological polar surface area (TPSA) is 69.7 Å². The van der Waals surface area contributed by atoms with Crippen LogP contribution < -0.4 is 19.5 Å². The van der Waals surface area contributed by atoms with Gasteiger partial charge in [-0.3, -0.25) is 4.79 Å². The van der Waals surface area contributed by atoms with Crippen LogP contribution in [-0.4, -0.2) is 31.2 Å². The number of methoxy groups -OCH3 is 1. The van der Waals surface area contributed by atoms with Gasteiger partial charge in [-0.25, -0.2) is 4.98 Å². The summed E-state index contributed by atoms with van der Waals surface area (Å²) < 4.78 is 16.0. The molecule has 1 amide bonds. The number of hydrogen-bond acceptors (Lipinski definition) is 5. The average molecular weight is 330 g/mol. The first-order chi connectivity index (χ1) is 11.6. The molecule has 0 saturated carbocycles. The zero-order valence-corrected chi connectivity index (χ0v) is 14.1. The number of carbonyl (C=O) groups is 1. The van der Waals surface area contributed by atoms with Gasteiger partial charge in [0.05, 0.1) is 19.9 Å². The van der Waals surface area contributed by atoms with E-state index in [2.05, 4.69) is 24.1 Å². The van der Waals surface area contributed by atoms with Crippen molar-refractivity contribution in [3.05, 3.63) is 42.6 Å². The second kappa shape index (κ2) is 8.76. The molecule has 0 saturated heterocycles. The summed E-state index contributed by atoms with van der Waals surface area (Å²) in [6.07, 6.45) is 1.53. The number of pyridine rings is 1. The van der Waals surface area contributed by atoms with E-state index in [1.54, 1.807) is 31.4 Å². The van der Waals surface area contributed by atoms with E-state index in [0.717, 1.165) is 5.75 Å². The minimum absolute atomic E-state index is 0.0973. The first-order valence-electron chi connectivity index (χ1n) is 7.72. The first kappa shape index (κ1) is 17.6. The van der Waals surface area contributed by atoms with Crippen LogP contribution in [0.1, 0.15) is 13.8 Å². The lowest BCUT2D eigenvalue weighted by Gasteiger charge is -2.10. The highest BCUT2D eigenvalue weighted by Gasteiger charge is 2.05. The highest BCUT2D eigenvalue weighted by Crippen LogP contribution is 2.18. The molecule has 0 aliphatic heterocycles. The van der Waals surface area contributed by atoms with E-state index >= 15 is 0 Å². The van der Waals surface area contributed by atoms with Crippen molar-refractivity contribution >= 4 is 11.7 Å². The molecule has 0 radical (unpaired) electrons. The molecule has 0 aliphatic rings. The number of aromatic nitrogens is 1. The Balaban J connectivity index is 1.78. The molecule has 1 N–H and O–H groups in total. The van der Waals surface area contributed by atoms with Crippen LogP contribution in [0.2, 0.25) is 0 Å². The molecule has 0 bridgehead atoms. The standard InChI is InChI=1S/C18H22N2O4/c1-13(2)11-23-14-4-6-15(7-5-14)24-12-18(21)20-17-9-8-16(22-3)10-19-17/h4-10,13H,11-12H2,1-3H3,(H,19,20,21). The van der Waals surface area contributed by atoms with Gasteiger partial charge in [-0.1, -0.05) is 13.8 Å². The number of nitrogens with zero attached hydrogens (tertiary/aromatic N) is 1. The van der Waals surface area contributed by atoms with Gasteiger partial charge in [-0.15, -0.1) is 0 Å². The van der Waals surface area contributed by atoms with Crippen molar-refractivity contribution in [3.63, 3.8) is 0 Å². The monoisotopic (exact) mass is 330 g/mol. The zero-order chi connectivity index (χ0) is 17.4. The summed E-state index contributed by atoms with van der Waals surface area (Å²) >= 11 is 0. The number of benzene rings is 1. The smallest absolute Gasteiger partial charge is 0.263 e. The number of hydrogen-bond donors (Lipinski definition) is 1. The van der Waals surface area contributed by atoms with Crippen LogP contribution in [-0.2, 0) is 4.79 Å². The Kier molecular flexibility index (Phi) is 6.42. The van der Waals surface area contributed by atoms with Crippen molar-refractivity contribution < 1.29 is 19.0 Å². The van der Waals surface area contributed by atoms with Gasteiger partial charge < -0.3 is 19.5 Å². The number of ether oxygens (including phenoxy) is 3. The van der Waals surface area contributed by atoms with Crippen LogP contribution in [0.5, 0.6) is 17.2 Å². The van der Waals surface area contributed by atoms with Crippen LogP contribution >= 0.6 is 0 Å². The summed E-state index contributed by atoms with van der Waals surface area (Å²) in [4.78, 5) is 15.9. The van der Waals surface area contributed by atoms with Gasteiger partial charge in [-0.2, -0.15) is 0 Å². The van der Waals surface area contributed by atoms with E-state index in [1.807, 2.05) is 12.1 Å². The fourth-order valence-corrected chi connectivity index (χ4v) is 1.80. The van der Waals surface area contributed by atoms with Crippen molar-refractivity contribution in [2.24, 2.45) is 5.92 Å². The number of nitrogens with one attached hydrogen (secondary N) is 1. The second-order valence-corrected chi connectivity index (χ2v) is 5.60. The van der Waals surface area contributed by atoms with Crippen LogP contribution in [0, 0.1) is 5.92 Å². The summed E-state index contributed by atoms with van der Waals surface area (Å²) in [6, 6.07) is 10.6. The summed E-state index contributed by atoms with van der Waals surface area (Å²) in [5, 5.41) is 2.65. The van der Waals surface area contributed by atoms with E-state index < -0.39 is 0 Å². The molecule has 2 rings (SSSR count). The quantitative estimate of drug-likeness (QED) is 0.805. The predicted octanol–water partition coefficient (Wildman–Crippen LogP) is 3.14. The van der Waals surface area contributed by atoms with E-state index in [0.29, 0.717) is 29.8 Å². The van der Waals surface area contributed by atoms with E-state index in [-0.39, 0.29) is 12.5 Å². The van der Waals surface area contributed by atoms with Gasteiger partial charge in [0.25, 0.3) is 5.91 Å². The Bertz CT molecular complexity index is 639. The van der Waals surface area contributed by atoms with Crippen LogP contribution in [0.15, 0.2) is 42.6 Å². The zero-order valence-electron chi connectivity index (χ0n) is 14.1. The SMILES string of the molecule is COc1ccc(NC(=O)COc2ccc(OCC(C)C)cc2)nc1. The molecule has 0 fully saturated rings. The molecule has 1 heterocycles. The lowest BCUT2D eigenvalue weighted by molar-refractivity contribution is -0.118. The van der Waals surface area contributed by atoms with Crippen molar-refractivity contribution in [1.82, 2.24) is 4.98 Å². The summed E-state index contributed by atoms with van der Waals surface area (Å²) in [5.74, 6) is 2.64. The van der Waals surface area contributed by atoms with Gasteiger partial charge in [0.2, 0.25) is 0 Å². The van der Waals surface area contributed by atoms with Gasteiger partial charge in [0, 0.05) is 0 Å². The molecule has 128 valence electrons. The van der Waals surface area contributed by atoms with Crippen molar-refractivity contribution in [1.29, 1.82) is 0 Å². The summed E-state index contributed by atoms with van der Waals surface area (Å²) in [7, 11) is 1.56. The third-order valence-corrected chi connectivity index (χ3v) is 3.02. The number of rotatable bonds is 8. The normalized spacial score (nSPS) is 10.3. The third kappa shape index (κ3) is 5.79. The lowest BCUT2D eigenvalue weighted by atomic mass is 10.2. The first-order valence-corrected chi connectivity index (χ1v) is 7.72. The molecule has 6 nitrogen and oxygen atoms in total. The third-order valence-electron chi connectivity index (χ3n) is 3.02. The van der Waals surface area contributed by atoms with Crippen LogP contribution in [0.25, 0.3) is 0 Å². The summed E-state index contributed by atoms with van der Waals surface area (Å²) in [6.45, 7) is 4.75. The Hall–Kier alpha value is -2.76. The molecule has 0 unspecified atom stereocenters. The fraction of sp³-hybridized carbons (Fsp3) is 0.333. The molecule has 24 heavy (non-hydrogen) atoms. The Morgan fingerprint density at radius 2 is 1.67 bits per heavy atom. The van der Waals surface area contributed by atoms with Gasteiger partial charge in [0.15, 0.2) is 6.61 Å². The van der Waals surface area contributed by atoms with Gasteiger partial charge in [-0.05, 0) is 42.3 Å². The maximum absolute atomic E-state index is 11.9. The molecule has 1 aromatic carbocycles. The van der Waals surface area contributed by atoms with Crippen molar-refractivity contribution in [3.8, 4) is 17.2 Å². The molecule has 0 aliphatic carbocycles. The number of carbonyl (C=O) groups excluding carboxylic acids is 1. The molecular formula is C18H22N2O4. The number of amides is 1. The van der Waals surface area contributed by atoms with E-state index in [9.17, 15) is 4.79 Å². The average Bonchev–Trinajstić information content (AvgIpc) is 2.59. The Morgan fingerprint density at radius 3 is 2.21 bits per heavy atom. The molecule has 0 spiro atoms. The molecule has 2 aromatic rings. The highest BCUT2D eigenvalue weighted by atomic mass is 16.5. The fourth-order valence-electron chi connectivity index (χ4n) is 1.80. The Labute approximate surface area is 141 Å². The maximum Gasteiger partial charge on any atom is 0.263 e. The predicted molar refractivity (Wildman–Crippen MR) is 91.7 cm³/mol. The molecule has 1 aromatic heterocycles. The minimum atomic E-state index is -0.284. The van der Waals surface area contributed by atoms with Gasteiger partial charge >= 0.3 is 0 Å². The molecule has 6 heteroatoms. The highest BCUT2D eigenvalue weighted by molar-refractivity contribution is 5.90. The van der Waals surface area contributed by atoms with Crippen LogP contribution in [0.4, 0.5) is 5.82 Å². The summed E-state index contributed by atoms with van der Waals surface area (Å²) in [5.41, 5.74) is 0. The molecule has 0 atom stereocenters. The largest absolute Gasteiger partial charge is 0.495 e. The van der Waals surface area contributed by atoms with E-state index in [1.165, 1.54) is 6.20 Å². The van der Waals surface area contributed by atoms with Crippen molar-refractivity contribution in [2.75, 3.05) is 25.6 Å². The van der Waals surface area contributed by atoms with E-state index in [4.69, 9.17) is 14.2 Å². The Morgan fingerprint density at radius 1 is 1.04 bits per heavy atom. The van der Waals surface area contributed by atoms with Crippen LogP contribution in [0.3, 0.4) is 0 Å². The molecular weight excluding hydrogens is 308 g/mol. The number of anilines is 1. The maximum atomic E-state index is 11.9. The van der Waals surface area contributed by atoms with Crippen molar-refractivity contribution in [2.45, 2.75) is 13.8 Å².